The van der Waals surface area contributed by atoms with Crippen LogP contribution in [0.5, 0.6) is 0 Å². The normalized spacial score (nSPS) is 15.4. The minimum absolute atomic E-state index is 0.683. The fourth-order valence-electron chi connectivity index (χ4n) is 3.71. The summed E-state index contributed by atoms with van der Waals surface area (Å²) in [6.07, 6.45) is 0. The lowest BCUT2D eigenvalue weighted by Gasteiger charge is -2.43. The van der Waals surface area contributed by atoms with E-state index in [1.165, 1.54) is 11.1 Å². The molecule has 2 atom stereocenters. The maximum atomic E-state index is 2.53. The van der Waals surface area contributed by atoms with Gasteiger partial charge in [-0.15, -0.1) is 0 Å². The Morgan fingerprint density at radius 2 is 0.773 bits per heavy atom. The first kappa shape index (κ1) is 17.2. The molecule has 0 amide bonds. The summed E-state index contributed by atoms with van der Waals surface area (Å²) < 4.78 is 0. The van der Waals surface area contributed by atoms with Crippen molar-refractivity contribution in [2.75, 3.05) is 0 Å². The van der Waals surface area contributed by atoms with Gasteiger partial charge in [-0.2, -0.15) is 0 Å². The molecular weight excluding hydrogens is 296 g/mol. The van der Waals surface area contributed by atoms with E-state index in [0.717, 1.165) is 0 Å². The van der Waals surface area contributed by atoms with Gasteiger partial charge in [-0.05, 0) is 22.2 Å². The van der Waals surface area contributed by atoms with E-state index in [1.807, 2.05) is 0 Å². The van der Waals surface area contributed by atoms with Gasteiger partial charge in [0, 0.05) is 0 Å². The topological polar surface area (TPSA) is 0 Å². The molecule has 0 fully saturated rings. The van der Waals surface area contributed by atoms with Crippen molar-refractivity contribution in [2.45, 2.75) is 50.4 Å². The molecule has 0 heterocycles. The third kappa shape index (κ3) is 3.99. The molecular formula is C20H30Si2. The third-order valence-corrected chi connectivity index (χ3v) is 9.92. The quantitative estimate of drug-likeness (QED) is 0.565. The lowest BCUT2D eigenvalue weighted by atomic mass is 10.0. The van der Waals surface area contributed by atoms with Crippen LogP contribution in [0, 0.1) is 0 Å². The smallest absolute Gasteiger partial charge is 0.0525 e. The van der Waals surface area contributed by atoms with E-state index in [4.69, 9.17) is 0 Å². The molecule has 0 N–H and O–H groups in total. The van der Waals surface area contributed by atoms with Gasteiger partial charge in [0.25, 0.3) is 0 Å². The van der Waals surface area contributed by atoms with E-state index in [9.17, 15) is 0 Å². The Labute approximate surface area is 138 Å². The number of hydrogen-bond donors (Lipinski definition) is 0. The Morgan fingerprint density at radius 3 is 1.00 bits per heavy atom. The highest BCUT2D eigenvalue weighted by atomic mass is 28.3. The van der Waals surface area contributed by atoms with Gasteiger partial charge in [-0.3, -0.25) is 0 Å². The highest BCUT2D eigenvalue weighted by Crippen LogP contribution is 2.44. The molecule has 0 unspecified atom stereocenters. The molecule has 2 rings (SSSR count). The van der Waals surface area contributed by atoms with Crippen molar-refractivity contribution >= 4 is 16.1 Å². The molecule has 2 aromatic carbocycles. The Hall–Kier alpha value is -1.13. The fraction of sp³-hybridized carbons (Fsp3) is 0.400. The molecule has 0 saturated carbocycles. The molecule has 0 spiro atoms. The van der Waals surface area contributed by atoms with Crippen molar-refractivity contribution in [3.63, 3.8) is 0 Å². The van der Waals surface area contributed by atoms with Crippen LogP contribution in [0.2, 0.25) is 39.3 Å². The first-order valence-corrected chi connectivity index (χ1v) is 15.5. The minimum atomic E-state index is -1.35. The summed E-state index contributed by atoms with van der Waals surface area (Å²) in [5.41, 5.74) is 4.45. The maximum absolute atomic E-state index is 2.53. The van der Waals surface area contributed by atoms with E-state index in [2.05, 4.69) is 99.9 Å². The zero-order valence-electron chi connectivity index (χ0n) is 14.9. The van der Waals surface area contributed by atoms with Gasteiger partial charge < -0.3 is 0 Å². The van der Waals surface area contributed by atoms with Crippen LogP contribution in [0.1, 0.15) is 22.2 Å². The van der Waals surface area contributed by atoms with Gasteiger partial charge in [-0.1, -0.05) is 99.9 Å². The SMILES string of the molecule is C[Si](C)(C)[C@H](c1ccccc1)[C@H](c1ccccc1)[Si](C)(C)C. The molecule has 0 saturated heterocycles. The lowest BCUT2D eigenvalue weighted by Crippen LogP contribution is -2.45. The van der Waals surface area contributed by atoms with Gasteiger partial charge in [0.15, 0.2) is 0 Å². The molecule has 0 aliphatic heterocycles. The molecule has 0 aromatic heterocycles. The summed E-state index contributed by atoms with van der Waals surface area (Å²) in [6.45, 7) is 15.2. The second-order valence-electron chi connectivity index (χ2n) is 8.51. The standard InChI is InChI=1S/C20H30Si2/c1-21(2,3)19(17-13-9-7-10-14-17)20(22(4,5)6)18-15-11-8-12-16-18/h7-16,19-20H,1-6H3/t19-,20+. The molecule has 22 heavy (non-hydrogen) atoms. The predicted molar refractivity (Wildman–Crippen MR) is 105 cm³/mol. The van der Waals surface area contributed by atoms with Crippen LogP contribution in [-0.4, -0.2) is 16.1 Å². The summed E-state index contributed by atoms with van der Waals surface area (Å²) in [5.74, 6) is 0. The Kier molecular flexibility index (Phi) is 5.13. The van der Waals surface area contributed by atoms with Crippen molar-refractivity contribution in [3.8, 4) is 0 Å². The molecule has 0 radical (unpaired) electrons. The third-order valence-electron chi connectivity index (χ3n) is 4.52. The average Bonchev–Trinajstić information content (AvgIpc) is 2.44. The van der Waals surface area contributed by atoms with Crippen LogP contribution in [-0.2, 0) is 0 Å². The summed E-state index contributed by atoms with van der Waals surface area (Å²) in [7, 11) is -2.70. The van der Waals surface area contributed by atoms with Crippen LogP contribution >= 0.6 is 0 Å². The van der Waals surface area contributed by atoms with Gasteiger partial charge in [-0.25, -0.2) is 0 Å². The average molecular weight is 327 g/mol. The predicted octanol–water partition coefficient (Wildman–Crippen LogP) is 6.31. The number of benzene rings is 2. The van der Waals surface area contributed by atoms with Crippen molar-refractivity contribution in [1.29, 1.82) is 0 Å². The van der Waals surface area contributed by atoms with Crippen molar-refractivity contribution in [3.05, 3.63) is 71.8 Å². The fourth-order valence-corrected chi connectivity index (χ4v) is 11.5. The maximum Gasteiger partial charge on any atom is 0.0525 e. The van der Waals surface area contributed by atoms with E-state index < -0.39 is 16.1 Å². The van der Waals surface area contributed by atoms with Gasteiger partial charge in [0.1, 0.15) is 0 Å². The minimum Gasteiger partial charge on any atom is -0.0691 e. The van der Waals surface area contributed by atoms with E-state index >= 15 is 0 Å². The Balaban J connectivity index is 2.60. The van der Waals surface area contributed by atoms with Crippen LogP contribution in [0.3, 0.4) is 0 Å². The molecule has 118 valence electrons. The molecule has 0 aliphatic carbocycles. The van der Waals surface area contributed by atoms with Crippen molar-refractivity contribution < 1.29 is 0 Å². The van der Waals surface area contributed by atoms with Crippen LogP contribution < -0.4 is 0 Å². The first-order valence-electron chi connectivity index (χ1n) is 8.31. The zero-order valence-corrected chi connectivity index (χ0v) is 16.9. The molecule has 2 heteroatoms. The summed E-state index contributed by atoms with van der Waals surface area (Å²) in [6, 6.07) is 22.5. The Morgan fingerprint density at radius 1 is 0.500 bits per heavy atom. The van der Waals surface area contributed by atoms with Crippen molar-refractivity contribution in [2.24, 2.45) is 0 Å². The van der Waals surface area contributed by atoms with Crippen molar-refractivity contribution in [1.82, 2.24) is 0 Å². The molecule has 0 bridgehead atoms. The molecule has 2 aromatic rings. The summed E-state index contributed by atoms with van der Waals surface area (Å²) in [4.78, 5) is 0. The van der Waals surface area contributed by atoms with Gasteiger partial charge in [0.05, 0.1) is 16.1 Å². The first-order chi connectivity index (χ1) is 10.2. The number of hydrogen-bond acceptors (Lipinski definition) is 0. The van der Waals surface area contributed by atoms with E-state index in [0.29, 0.717) is 11.1 Å². The van der Waals surface area contributed by atoms with E-state index in [1.54, 1.807) is 0 Å². The molecule has 0 aliphatic rings. The highest BCUT2D eigenvalue weighted by molar-refractivity contribution is 6.83. The van der Waals surface area contributed by atoms with Crippen LogP contribution in [0.4, 0.5) is 0 Å². The highest BCUT2D eigenvalue weighted by Gasteiger charge is 2.42. The van der Waals surface area contributed by atoms with E-state index in [-0.39, 0.29) is 0 Å². The van der Waals surface area contributed by atoms with Crippen LogP contribution in [0.25, 0.3) is 0 Å². The van der Waals surface area contributed by atoms with Gasteiger partial charge in [0.2, 0.25) is 0 Å². The number of rotatable bonds is 5. The van der Waals surface area contributed by atoms with Gasteiger partial charge >= 0.3 is 0 Å². The second-order valence-corrected chi connectivity index (χ2v) is 19.2. The van der Waals surface area contributed by atoms with Crippen LogP contribution in [0.15, 0.2) is 60.7 Å². The largest absolute Gasteiger partial charge is 0.0691 e. The zero-order chi connectivity index (χ0) is 16.4. The molecule has 0 nitrogen and oxygen atoms in total. The second kappa shape index (κ2) is 6.55. The lowest BCUT2D eigenvalue weighted by molar-refractivity contribution is 0.809. The monoisotopic (exact) mass is 326 g/mol. The summed E-state index contributed by atoms with van der Waals surface area (Å²) >= 11 is 0. The summed E-state index contributed by atoms with van der Waals surface area (Å²) in [5, 5.41) is 0. The Bertz CT molecular complexity index is 521.